The fourth-order valence-corrected chi connectivity index (χ4v) is 7.59. The molecule has 0 aliphatic carbocycles. The predicted molar refractivity (Wildman–Crippen MR) is 254 cm³/mol. The van der Waals surface area contributed by atoms with Gasteiger partial charge in [-0.25, -0.2) is 4.57 Å². The number of carbonyl (C=O) groups is 1. The van der Waals surface area contributed by atoms with E-state index in [4.69, 9.17) is 9.05 Å². The van der Waals surface area contributed by atoms with E-state index in [1.54, 1.807) is 6.08 Å². The Kier molecular flexibility index (Phi) is 40.7. The normalized spacial score (nSPS) is 14.6. The minimum atomic E-state index is -4.35. The number of nitrogens with one attached hydrogen (secondary N) is 1. The van der Waals surface area contributed by atoms with E-state index < -0.39 is 20.0 Å². The van der Waals surface area contributed by atoms with Crippen molar-refractivity contribution in [1.82, 2.24) is 5.32 Å². The van der Waals surface area contributed by atoms with Gasteiger partial charge in [-0.3, -0.25) is 13.8 Å². The summed E-state index contributed by atoms with van der Waals surface area (Å²) in [5.74, 6) is -0.201. The first-order chi connectivity index (χ1) is 28.5. The van der Waals surface area contributed by atoms with Crippen LogP contribution in [0.15, 0.2) is 48.6 Å². The molecule has 0 aliphatic rings. The molecule has 0 aliphatic heterocycles. The molecule has 0 fully saturated rings. The summed E-state index contributed by atoms with van der Waals surface area (Å²) in [5, 5.41) is 13.8. The molecule has 0 heterocycles. The van der Waals surface area contributed by atoms with Crippen LogP contribution in [0.5, 0.6) is 0 Å². The second-order valence-corrected chi connectivity index (χ2v) is 19.3. The third kappa shape index (κ3) is 44.3. The van der Waals surface area contributed by atoms with Gasteiger partial charge in [-0.05, 0) is 64.2 Å². The molecule has 3 N–H and O–H groups in total. The Balaban J connectivity index is 4.40. The maximum absolute atomic E-state index is 12.9. The minimum Gasteiger partial charge on any atom is -0.387 e. The number of nitrogens with zero attached hydrogens (tertiary/aromatic N) is 1. The molecule has 0 spiro atoms. The lowest BCUT2D eigenvalue weighted by molar-refractivity contribution is -0.870. The minimum absolute atomic E-state index is 0.0522. The maximum Gasteiger partial charge on any atom is 0.472 e. The fourth-order valence-electron chi connectivity index (χ4n) is 6.85. The van der Waals surface area contributed by atoms with Gasteiger partial charge in [0.25, 0.3) is 0 Å². The van der Waals surface area contributed by atoms with Crippen molar-refractivity contribution in [3.63, 3.8) is 0 Å². The van der Waals surface area contributed by atoms with Gasteiger partial charge in [0.05, 0.1) is 39.9 Å². The Morgan fingerprint density at radius 1 is 0.576 bits per heavy atom. The quantitative estimate of drug-likeness (QED) is 0.0244. The zero-order valence-electron chi connectivity index (χ0n) is 39.2. The first-order valence-corrected chi connectivity index (χ1v) is 26.0. The number of phosphoric acid groups is 1. The van der Waals surface area contributed by atoms with Crippen LogP contribution >= 0.6 is 7.82 Å². The largest absolute Gasteiger partial charge is 0.472 e. The van der Waals surface area contributed by atoms with Crippen molar-refractivity contribution in [3.8, 4) is 0 Å². The number of carbonyl (C=O) groups excluding carboxylic acids is 1. The molecule has 3 atom stereocenters. The molecule has 3 unspecified atom stereocenters. The van der Waals surface area contributed by atoms with Gasteiger partial charge in [-0.1, -0.05) is 191 Å². The van der Waals surface area contributed by atoms with Crippen molar-refractivity contribution in [1.29, 1.82) is 0 Å². The summed E-state index contributed by atoms with van der Waals surface area (Å²) in [6.07, 6.45) is 53.4. The van der Waals surface area contributed by atoms with Crippen LogP contribution in [0.2, 0.25) is 0 Å². The van der Waals surface area contributed by atoms with Crippen molar-refractivity contribution in [2.24, 2.45) is 0 Å². The summed E-state index contributed by atoms with van der Waals surface area (Å²) in [6, 6.07) is -0.871. The van der Waals surface area contributed by atoms with E-state index in [-0.39, 0.29) is 19.1 Å². The average molecular weight is 852 g/mol. The topological polar surface area (TPSA) is 105 Å². The average Bonchev–Trinajstić information content (AvgIpc) is 3.19. The molecule has 1 amide bonds. The third-order valence-electron chi connectivity index (χ3n) is 10.8. The number of allylic oxidation sites excluding steroid dienone is 7. The summed E-state index contributed by atoms with van der Waals surface area (Å²) >= 11 is 0. The summed E-state index contributed by atoms with van der Waals surface area (Å²) in [5.41, 5.74) is 0. The summed E-state index contributed by atoms with van der Waals surface area (Å²) in [7, 11) is 1.54. The van der Waals surface area contributed by atoms with E-state index >= 15 is 0 Å². The van der Waals surface area contributed by atoms with E-state index in [1.165, 1.54) is 128 Å². The van der Waals surface area contributed by atoms with E-state index in [0.717, 1.165) is 64.2 Å². The standard InChI is InChI=1S/C50H95N2O6P/c1-6-8-10-12-14-16-18-20-22-23-24-25-26-27-28-30-31-33-35-37-39-41-43-49(53)48(47-58-59(55,56)57-46-45-52(3,4)5)51-50(54)44-42-40-38-36-34-32-29-21-19-17-15-13-11-9-7-2/h15,17,21,29,33,35,41,43,48-49,53H,6-14,16,18-20,22-28,30-32,34,36-40,42,44-47H2,1-5H3,(H-,51,54,55,56)/p+1/b17-15-,29-21-,35-33+,43-41+. The number of hydrogen-bond acceptors (Lipinski definition) is 5. The van der Waals surface area contributed by atoms with Crippen molar-refractivity contribution in [2.45, 2.75) is 225 Å². The first-order valence-electron chi connectivity index (χ1n) is 24.5. The molecule has 59 heavy (non-hydrogen) atoms. The van der Waals surface area contributed by atoms with E-state index in [1.807, 2.05) is 27.2 Å². The number of rotatable bonds is 44. The van der Waals surface area contributed by atoms with Gasteiger partial charge in [-0.15, -0.1) is 0 Å². The zero-order chi connectivity index (χ0) is 43.6. The number of aliphatic hydroxyl groups is 1. The van der Waals surface area contributed by atoms with Crippen molar-refractivity contribution in [2.75, 3.05) is 40.9 Å². The lowest BCUT2D eigenvalue weighted by atomic mass is 10.0. The van der Waals surface area contributed by atoms with Crippen LogP contribution in [0.4, 0.5) is 0 Å². The Morgan fingerprint density at radius 2 is 0.983 bits per heavy atom. The smallest absolute Gasteiger partial charge is 0.387 e. The highest BCUT2D eigenvalue weighted by Crippen LogP contribution is 2.43. The monoisotopic (exact) mass is 852 g/mol. The van der Waals surface area contributed by atoms with Gasteiger partial charge in [0.15, 0.2) is 0 Å². The molecule has 0 aromatic carbocycles. The second-order valence-electron chi connectivity index (χ2n) is 17.8. The number of hydrogen-bond donors (Lipinski definition) is 3. The zero-order valence-corrected chi connectivity index (χ0v) is 40.1. The van der Waals surface area contributed by atoms with Crippen LogP contribution in [-0.2, 0) is 18.4 Å². The van der Waals surface area contributed by atoms with Crippen LogP contribution in [0.1, 0.15) is 213 Å². The van der Waals surface area contributed by atoms with E-state index in [0.29, 0.717) is 17.4 Å². The van der Waals surface area contributed by atoms with Crippen LogP contribution in [-0.4, -0.2) is 73.4 Å². The molecule has 346 valence electrons. The number of phosphoric ester groups is 1. The van der Waals surface area contributed by atoms with Gasteiger partial charge < -0.3 is 19.8 Å². The van der Waals surface area contributed by atoms with Crippen LogP contribution < -0.4 is 5.32 Å². The van der Waals surface area contributed by atoms with Gasteiger partial charge in [-0.2, -0.15) is 0 Å². The van der Waals surface area contributed by atoms with Crippen molar-refractivity contribution >= 4 is 13.7 Å². The summed E-state index contributed by atoms with van der Waals surface area (Å²) in [4.78, 5) is 23.1. The fraction of sp³-hybridized carbons (Fsp3) is 0.820. The van der Waals surface area contributed by atoms with Crippen LogP contribution in [0, 0.1) is 0 Å². The number of unbranched alkanes of at least 4 members (excludes halogenated alkanes) is 25. The highest BCUT2D eigenvalue weighted by molar-refractivity contribution is 7.47. The lowest BCUT2D eigenvalue weighted by Crippen LogP contribution is -2.45. The number of quaternary nitrogens is 1. The Labute approximate surface area is 365 Å². The van der Waals surface area contributed by atoms with Crippen molar-refractivity contribution in [3.05, 3.63) is 48.6 Å². The lowest BCUT2D eigenvalue weighted by Gasteiger charge is -2.25. The molecule has 9 heteroatoms. The molecular formula is C50H96N2O6P+. The maximum atomic E-state index is 12.9. The first kappa shape index (κ1) is 57.5. The van der Waals surface area contributed by atoms with Crippen molar-refractivity contribution < 1.29 is 32.9 Å². The predicted octanol–water partition coefficient (Wildman–Crippen LogP) is 14.0. The molecule has 0 radical (unpaired) electrons. The molecular weight excluding hydrogens is 756 g/mol. The number of amides is 1. The van der Waals surface area contributed by atoms with Gasteiger partial charge >= 0.3 is 7.82 Å². The highest BCUT2D eigenvalue weighted by Gasteiger charge is 2.27. The van der Waals surface area contributed by atoms with Gasteiger partial charge in [0.2, 0.25) is 5.91 Å². The summed E-state index contributed by atoms with van der Waals surface area (Å²) < 4.78 is 23.6. The highest BCUT2D eigenvalue weighted by atomic mass is 31.2. The van der Waals surface area contributed by atoms with E-state index in [9.17, 15) is 19.4 Å². The van der Waals surface area contributed by atoms with Crippen LogP contribution in [0.25, 0.3) is 0 Å². The molecule has 0 saturated carbocycles. The van der Waals surface area contributed by atoms with Crippen LogP contribution in [0.3, 0.4) is 0 Å². The molecule has 8 nitrogen and oxygen atoms in total. The SMILES string of the molecule is CCCCC/C=C\C/C=C\CCCCCCCC(=O)NC(COP(=O)(O)OCC[N+](C)(C)C)C(O)/C=C/CC/C=C/CCCCCCCCCCCCCCCCCC. The Hall–Kier alpha value is -1.54. The number of aliphatic hydroxyl groups excluding tert-OH is 1. The Morgan fingerprint density at radius 3 is 1.49 bits per heavy atom. The molecule has 0 rings (SSSR count). The van der Waals surface area contributed by atoms with Gasteiger partial charge in [0, 0.05) is 6.42 Å². The van der Waals surface area contributed by atoms with E-state index in [2.05, 4.69) is 55.6 Å². The molecule has 0 aromatic heterocycles. The molecule has 0 saturated heterocycles. The second kappa shape index (κ2) is 41.8. The van der Waals surface area contributed by atoms with Gasteiger partial charge in [0.1, 0.15) is 13.2 Å². The Bertz CT molecular complexity index is 1100. The number of likely N-dealkylation sites (N-methyl/N-ethyl adjacent to an activating group) is 1. The third-order valence-corrected chi connectivity index (χ3v) is 11.8. The summed E-state index contributed by atoms with van der Waals surface area (Å²) in [6.45, 7) is 4.76. The molecule has 0 aromatic rings. The molecule has 0 bridgehead atoms.